The van der Waals surface area contributed by atoms with Gasteiger partial charge in [-0.1, -0.05) is 60.8 Å². The molecular weight excluding hydrogens is 375 g/mol. The molecular formula is C19H16Cl2N2OS. The van der Waals surface area contributed by atoms with Crippen LogP contribution in [0.3, 0.4) is 0 Å². The number of thiazole rings is 1. The molecule has 0 radical (unpaired) electrons. The van der Waals surface area contributed by atoms with E-state index in [1.807, 2.05) is 24.3 Å². The van der Waals surface area contributed by atoms with Crippen molar-refractivity contribution in [2.75, 3.05) is 5.32 Å². The summed E-state index contributed by atoms with van der Waals surface area (Å²) in [5.41, 5.74) is 2.31. The minimum absolute atomic E-state index is 0.259. The van der Waals surface area contributed by atoms with Gasteiger partial charge in [0, 0.05) is 15.5 Å². The Balaban J connectivity index is 1.90. The second kappa shape index (κ2) is 8.00. The van der Waals surface area contributed by atoms with Crippen LogP contribution in [-0.2, 0) is 6.42 Å². The fourth-order valence-electron chi connectivity index (χ4n) is 2.44. The van der Waals surface area contributed by atoms with Gasteiger partial charge >= 0.3 is 0 Å². The first-order chi connectivity index (χ1) is 12.1. The summed E-state index contributed by atoms with van der Waals surface area (Å²) in [4.78, 5) is 18.2. The third-order valence-corrected chi connectivity index (χ3v) is 5.24. The van der Waals surface area contributed by atoms with Gasteiger partial charge in [0.15, 0.2) is 5.13 Å². The Bertz CT molecular complexity index is 891. The Morgan fingerprint density at radius 2 is 1.84 bits per heavy atom. The number of hydrogen-bond acceptors (Lipinski definition) is 3. The smallest absolute Gasteiger partial charge is 0.258 e. The van der Waals surface area contributed by atoms with E-state index < -0.39 is 0 Å². The van der Waals surface area contributed by atoms with Gasteiger partial charge in [0.2, 0.25) is 0 Å². The highest BCUT2D eigenvalue weighted by molar-refractivity contribution is 7.16. The SMILES string of the molecule is CCCc1sc(NC(=O)c2ccccc2Cl)nc1-c1ccc(Cl)cc1. The molecule has 0 aliphatic heterocycles. The second-order valence-electron chi connectivity index (χ2n) is 5.48. The van der Waals surface area contributed by atoms with Crippen LogP contribution in [0.4, 0.5) is 5.13 Å². The normalized spacial score (nSPS) is 10.7. The molecule has 0 atom stereocenters. The Kier molecular flexibility index (Phi) is 5.74. The predicted octanol–water partition coefficient (Wildman–Crippen LogP) is 6.32. The number of aromatic nitrogens is 1. The van der Waals surface area contributed by atoms with E-state index in [9.17, 15) is 4.79 Å². The van der Waals surface area contributed by atoms with Crippen LogP contribution in [0, 0.1) is 0 Å². The van der Waals surface area contributed by atoms with Crippen LogP contribution >= 0.6 is 34.5 Å². The highest BCUT2D eigenvalue weighted by Gasteiger charge is 2.16. The van der Waals surface area contributed by atoms with E-state index in [2.05, 4.69) is 17.2 Å². The van der Waals surface area contributed by atoms with Crippen LogP contribution in [0.1, 0.15) is 28.6 Å². The van der Waals surface area contributed by atoms with E-state index in [1.54, 1.807) is 24.3 Å². The molecule has 128 valence electrons. The van der Waals surface area contributed by atoms with Crippen LogP contribution in [0.25, 0.3) is 11.3 Å². The van der Waals surface area contributed by atoms with E-state index in [0.717, 1.165) is 29.0 Å². The number of nitrogens with zero attached hydrogens (tertiary/aromatic N) is 1. The number of hydrogen-bond donors (Lipinski definition) is 1. The van der Waals surface area contributed by atoms with E-state index in [1.165, 1.54) is 11.3 Å². The van der Waals surface area contributed by atoms with Gasteiger partial charge in [0.05, 0.1) is 16.3 Å². The highest BCUT2D eigenvalue weighted by Crippen LogP contribution is 2.33. The van der Waals surface area contributed by atoms with Crippen molar-refractivity contribution >= 4 is 45.6 Å². The average molecular weight is 391 g/mol. The summed E-state index contributed by atoms with van der Waals surface area (Å²) in [6.45, 7) is 2.12. The lowest BCUT2D eigenvalue weighted by Crippen LogP contribution is -2.12. The molecule has 3 rings (SSSR count). The Labute approximate surface area is 160 Å². The fraction of sp³-hybridized carbons (Fsp3) is 0.158. The summed E-state index contributed by atoms with van der Waals surface area (Å²) in [7, 11) is 0. The maximum absolute atomic E-state index is 12.4. The standard InChI is InChI=1S/C19H16Cl2N2OS/c1-2-5-16-17(12-8-10-13(20)11-9-12)22-19(25-16)23-18(24)14-6-3-4-7-15(14)21/h3-4,6-11H,2,5H2,1H3,(H,22,23,24). The van der Waals surface area contributed by atoms with Crippen LogP contribution in [0.2, 0.25) is 10.0 Å². The predicted molar refractivity (Wildman–Crippen MR) is 106 cm³/mol. The maximum atomic E-state index is 12.4. The lowest BCUT2D eigenvalue weighted by atomic mass is 10.1. The number of rotatable bonds is 5. The quantitative estimate of drug-likeness (QED) is 0.553. The van der Waals surface area contributed by atoms with Crippen molar-refractivity contribution in [3.8, 4) is 11.3 Å². The van der Waals surface area contributed by atoms with Crippen molar-refractivity contribution in [2.45, 2.75) is 19.8 Å². The number of halogens is 2. The number of nitrogens with one attached hydrogen (secondary N) is 1. The molecule has 6 heteroatoms. The number of carbonyl (C=O) groups is 1. The zero-order chi connectivity index (χ0) is 17.8. The fourth-order valence-corrected chi connectivity index (χ4v) is 3.87. The van der Waals surface area contributed by atoms with E-state index in [-0.39, 0.29) is 5.91 Å². The number of aryl methyl sites for hydroxylation is 1. The number of benzene rings is 2. The molecule has 0 saturated heterocycles. The molecule has 25 heavy (non-hydrogen) atoms. The molecule has 0 saturated carbocycles. The van der Waals surface area contributed by atoms with Crippen LogP contribution in [-0.4, -0.2) is 10.9 Å². The molecule has 0 unspecified atom stereocenters. The molecule has 1 amide bonds. The van der Waals surface area contributed by atoms with Gasteiger partial charge < -0.3 is 0 Å². The van der Waals surface area contributed by atoms with Crippen LogP contribution < -0.4 is 5.32 Å². The van der Waals surface area contributed by atoms with Crippen molar-refractivity contribution in [1.29, 1.82) is 0 Å². The van der Waals surface area contributed by atoms with E-state index in [0.29, 0.717) is 20.7 Å². The monoisotopic (exact) mass is 390 g/mol. The lowest BCUT2D eigenvalue weighted by molar-refractivity contribution is 0.102. The van der Waals surface area contributed by atoms with Crippen molar-refractivity contribution in [1.82, 2.24) is 4.98 Å². The van der Waals surface area contributed by atoms with E-state index >= 15 is 0 Å². The molecule has 1 aromatic heterocycles. The van der Waals surface area contributed by atoms with Crippen LogP contribution in [0.5, 0.6) is 0 Å². The first-order valence-electron chi connectivity index (χ1n) is 7.90. The van der Waals surface area contributed by atoms with Gasteiger partial charge in [-0.25, -0.2) is 4.98 Å². The van der Waals surface area contributed by atoms with Crippen molar-refractivity contribution in [2.24, 2.45) is 0 Å². The minimum atomic E-state index is -0.259. The van der Waals surface area contributed by atoms with E-state index in [4.69, 9.17) is 23.2 Å². The Morgan fingerprint density at radius 3 is 2.52 bits per heavy atom. The molecule has 1 heterocycles. The zero-order valence-corrected chi connectivity index (χ0v) is 15.9. The van der Waals surface area contributed by atoms with Gasteiger partial charge in [0.25, 0.3) is 5.91 Å². The molecule has 1 N–H and O–H groups in total. The highest BCUT2D eigenvalue weighted by atomic mass is 35.5. The molecule has 3 aromatic rings. The van der Waals surface area contributed by atoms with Crippen molar-refractivity contribution < 1.29 is 4.79 Å². The average Bonchev–Trinajstić information content (AvgIpc) is 2.98. The molecule has 0 bridgehead atoms. The van der Waals surface area contributed by atoms with Gasteiger partial charge in [-0.15, -0.1) is 11.3 Å². The molecule has 2 aromatic carbocycles. The first kappa shape index (κ1) is 17.9. The Morgan fingerprint density at radius 1 is 1.12 bits per heavy atom. The lowest BCUT2D eigenvalue weighted by Gasteiger charge is -2.03. The van der Waals surface area contributed by atoms with Gasteiger partial charge in [-0.3, -0.25) is 10.1 Å². The minimum Gasteiger partial charge on any atom is -0.298 e. The van der Waals surface area contributed by atoms with Crippen molar-refractivity contribution in [3.05, 3.63) is 69.0 Å². The summed E-state index contributed by atoms with van der Waals surface area (Å²) >= 11 is 13.6. The number of amides is 1. The number of carbonyl (C=O) groups excluding carboxylic acids is 1. The molecule has 0 aliphatic rings. The third kappa shape index (κ3) is 4.21. The third-order valence-electron chi connectivity index (χ3n) is 3.63. The Hall–Kier alpha value is -1.88. The zero-order valence-electron chi connectivity index (χ0n) is 13.6. The summed E-state index contributed by atoms with van der Waals surface area (Å²) in [5.74, 6) is -0.259. The summed E-state index contributed by atoms with van der Waals surface area (Å²) in [6.07, 6.45) is 1.90. The second-order valence-corrected chi connectivity index (χ2v) is 7.41. The van der Waals surface area contributed by atoms with Crippen LogP contribution in [0.15, 0.2) is 48.5 Å². The summed E-state index contributed by atoms with van der Waals surface area (Å²) in [5, 5.41) is 4.53. The molecule has 0 aliphatic carbocycles. The largest absolute Gasteiger partial charge is 0.298 e. The molecule has 0 fully saturated rings. The maximum Gasteiger partial charge on any atom is 0.258 e. The van der Waals surface area contributed by atoms with Gasteiger partial charge in [-0.2, -0.15) is 0 Å². The summed E-state index contributed by atoms with van der Waals surface area (Å²) in [6, 6.07) is 14.5. The topological polar surface area (TPSA) is 42.0 Å². The molecule has 3 nitrogen and oxygen atoms in total. The first-order valence-corrected chi connectivity index (χ1v) is 9.47. The molecule has 0 spiro atoms. The van der Waals surface area contributed by atoms with Gasteiger partial charge in [-0.05, 0) is 30.7 Å². The van der Waals surface area contributed by atoms with Gasteiger partial charge in [0.1, 0.15) is 0 Å². The summed E-state index contributed by atoms with van der Waals surface area (Å²) < 4.78 is 0. The van der Waals surface area contributed by atoms with Crippen molar-refractivity contribution in [3.63, 3.8) is 0 Å². The number of anilines is 1.